The number of halogens is 1. The van der Waals surface area contributed by atoms with Crippen LogP contribution in [0.5, 0.6) is 5.75 Å². The first-order valence-corrected chi connectivity index (χ1v) is 7.53. The number of nitro groups is 1. The standard InChI is InChI=1S/C15H11BrN4O5/c16-10-1-3-11(4-2-10)18-14(22)15(23)19-17-8-9-7-12(20(24)25)5-6-13(9)21/h1-8,21H,(H,18,22)(H,19,23). The lowest BCUT2D eigenvalue weighted by Crippen LogP contribution is -2.32. The number of carbonyl (C=O) groups is 2. The highest BCUT2D eigenvalue weighted by molar-refractivity contribution is 9.10. The van der Waals surface area contributed by atoms with Gasteiger partial charge in [0.15, 0.2) is 0 Å². The third kappa shape index (κ3) is 5.11. The van der Waals surface area contributed by atoms with Gasteiger partial charge in [0, 0.05) is 27.9 Å². The van der Waals surface area contributed by atoms with E-state index in [-0.39, 0.29) is 17.0 Å². The molecular weight excluding hydrogens is 396 g/mol. The number of phenols is 1. The summed E-state index contributed by atoms with van der Waals surface area (Å²) in [7, 11) is 0. The number of hydrogen-bond donors (Lipinski definition) is 3. The van der Waals surface area contributed by atoms with Crippen LogP contribution in [-0.4, -0.2) is 28.1 Å². The SMILES string of the molecule is O=C(NN=Cc1cc([N+](=O)[O-])ccc1O)C(=O)Nc1ccc(Br)cc1. The van der Waals surface area contributed by atoms with E-state index in [0.29, 0.717) is 5.69 Å². The second-order valence-corrected chi connectivity index (χ2v) is 5.58. The maximum Gasteiger partial charge on any atom is 0.329 e. The number of anilines is 1. The summed E-state index contributed by atoms with van der Waals surface area (Å²) in [6, 6.07) is 9.90. The van der Waals surface area contributed by atoms with Gasteiger partial charge in [-0.25, -0.2) is 5.43 Å². The van der Waals surface area contributed by atoms with E-state index in [1.54, 1.807) is 24.3 Å². The lowest BCUT2D eigenvalue weighted by atomic mass is 10.2. The van der Waals surface area contributed by atoms with Gasteiger partial charge in [-0.3, -0.25) is 19.7 Å². The number of aromatic hydroxyl groups is 1. The highest BCUT2D eigenvalue weighted by atomic mass is 79.9. The number of nitro benzene ring substituents is 1. The fourth-order valence-electron chi connectivity index (χ4n) is 1.69. The van der Waals surface area contributed by atoms with Crippen molar-refractivity contribution in [1.82, 2.24) is 5.43 Å². The van der Waals surface area contributed by atoms with Crippen LogP contribution in [0.4, 0.5) is 11.4 Å². The number of hydrogen-bond acceptors (Lipinski definition) is 6. The van der Waals surface area contributed by atoms with Gasteiger partial charge < -0.3 is 10.4 Å². The highest BCUT2D eigenvalue weighted by Crippen LogP contribution is 2.21. The Morgan fingerprint density at radius 1 is 1.16 bits per heavy atom. The molecule has 0 aliphatic heterocycles. The molecule has 0 aliphatic rings. The molecular formula is C15H11BrN4O5. The second kappa shape index (κ2) is 8.02. The van der Waals surface area contributed by atoms with E-state index in [9.17, 15) is 24.8 Å². The van der Waals surface area contributed by atoms with E-state index in [4.69, 9.17) is 0 Å². The molecule has 0 radical (unpaired) electrons. The summed E-state index contributed by atoms with van der Waals surface area (Å²) < 4.78 is 0.816. The van der Waals surface area contributed by atoms with Gasteiger partial charge in [-0.1, -0.05) is 15.9 Å². The minimum atomic E-state index is -1.04. The Kier molecular flexibility index (Phi) is 5.79. The Morgan fingerprint density at radius 2 is 1.84 bits per heavy atom. The van der Waals surface area contributed by atoms with Gasteiger partial charge >= 0.3 is 11.8 Å². The summed E-state index contributed by atoms with van der Waals surface area (Å²) >= 11 is 3.24. The molecule has 0 saturated heterocycles. The number of nitrogens with zero attached hydrogens (tertiary/aromatic N) is 2. The predicted molar refractivity (Wildman–Crippen MR) is 93.3 cm³/mol. The van der Waals surface area contributed by atoms with Crippen molar-refractivity contribution in [3.05, 3.63) is 62.6 Å². The molecule has 0 heterocycles. The maximum atomic E-state index is 11.7. The van der Waals surface area contributed by atoms with Gasteiger partial charge in [0.2, 0.25) is 0 Å². The van der Waals surface area contributed by atoms with Crippen LogP contribution in [0.2, 0.25) is 0 Å². The molecule has 0 spiro atoms. The molecule has 0 aromatic heterocycles. The minimum absolute atomic E-state index is 0.0165. The van der Waals surface area contributed by atoms with Crippen LogP contribution in [0.15, 0.2) is 52.0 Å². The number of hydrazone groups is 1. The number of rotatable bonds is 4. The van der Waals surface area contributed by atoms with Crippen LogP contribution >= 0.6 is 15.9 Å². The molecule has 0 fully saturated rings. The normalized spacial score (nSPS) is 10.4. The Morgan fingerprint density at radius 3 is 2.48 bits per heavy atom. The molecule has 2 amide bonds. The number of benzene rings is 2. The van der Waals surface area contributed by atoms with Crippen LogP contribution in [0.25, 0.3) is 0 Å². The second-order valence-electron chi connectivity index (χ2n) is 4.66. The first kappa shape index (κ1) is 18.1. The summed E-state index contributed by atoms with van der Waals surface area (Å²) in [5, 5.41) is 26.2. The Labute approximate surface area is 149 Å². The molecule has 0 atom stereocenters. The van der Waals surface area contributed by atoms with E-state index < -0.39 is 16.7 Å². The molecule has 9 nitrogen and oxygen atoms in total. The molecule has 0 bridgehead atoms. The van der Waals surface area contributed by atoms with Gasteiger partial charge in [-0.05, 0) is 30.3 Å². The average Bonchev–Trinajstić information content (AvgIpc) is 2.58. The van der Waals surface area contributed by atoms with Crippen LogP contribution < -0.4 is 10.7 Å². The number of non-ortho nitro benzene ring substituents is 1. The third-order valence-electron chi connectivity index (χ3n) is 2.90. The summed E-state index contributed by atoms with van der Waals surface area (Å²) in [5.41, 5.74) is 2.15. The first-order chi connectivity index (χ1) is 11.9. The van der Waals surface area contributed by atoms with Gasteiger partial charge in [0.05, 0.1) is 11.1 Å². The number of carbonyl (C=O) groups excluding carboxylic acids is 2. The number of phenolic OH excluding ortho intramolecular Hbond substituents is 1. The molecule has 0 unspecified atom stereocenters. The molecule has 2 aromatic carbocycles. The topological polar surface area (TPSA) is 134 Å². The van der Waals surface area contributed by atoms with Crippen molar-refractivity contribution >= 4 is 45.3 Å². The Bertz CT molecular complexity index is 852. The lowest BCUT2D eigenvalue weighted by molar-refractivity contribution is -0.384. The molecule has 2 aromatic rings. The predicted octanol–water partition coefficient (Wildman–Crippen LogP) is 2.15. The van der Waals surface area contributed by atoms with Crippen LogP contribution in [0.3, 0.4) is 0 Å². The lowest BCUT2D eigenvalue weighted by Gasteiger charge is -2.04. The largest absolute Gasteiger partial charge is 0.507 e. The van der Waals surface area contributed by atoms with Crippen molar-refractivity contribution in [3.8, 4) is 5.75 Å². The van der Waals surface area contributed by atoms with E-state index in [0.717, 1.165) is 28.9 Å². The first-order valence-electron chi connectivity index (χ1n) is 6.74. The zero-order chi connectivity index (χ0) is 18.4. The molecule has 0 saturated carbocycles. The Hall–Kier alpha value is -3.27. The maximum absolute atomic E-state index is 11.7. The van der Waals surface area contributed by atoms with E-state index in [1.807, 2.05) is 5.43 Å². The monoisotopic (exact) mass is 406 g/mol. The van der Waals surface area contributed by atoms with E-state index >= 15 is 0 Å². The third-order valence-corrected chi connectivity index (χ3v) is 3.43. The van der Waals surface area contributed by atoms with Gasteiger partial charge in [0.25, 0.3) is 5.69 Å². The summed E-state index contributed by atoms with van der Waals surface area (Å²) in [4.78, 5) is 33.4. The number of nitrogens with one attached hydrogen (secondary N) is 2. The number of amides is 2. The fraction of sp³-hybridized carbons (Fsp3) is 0. The molecule has 2 rings (SSSR count). The minimum Gasteiger partial charge on any atom is -0.507 e. The van der Waals surface area contributed by atoms with Crippen LogP contribution in [-0.2, 0) is 9.59 Å². The molecule has 128 valence electrons. The van der Waals surface area contributed by atoms with Crippen molar-refractivity contribution in [2.45, 2.75) is 0 Å². The fourth-order valence-corrected chi connectivity index (χ4v) is 1.96. The molecule has 25 heavy (non-hydrogen) atoms. The van der Waals surface area contributed by atoms with Crippen molar-refractivity contribution in [1.29, 1.82) is 0 Å². The quantitative estimate of drug-likeness (QED) is 0.309. The molecule has 0 aliphatic carbocycles. The van der Waals surface area contributed by atoms with Crippen LogP contribution in [0.1, 0.15) is 5.56 Å². The zero-order valence-corrected chi connectivity index (χ0v) is 14.1. The van der Waals surface area contributed by atoms with Crippen molar-refractivity contribution in [2.75, 3.05) is 5.32 Å². The van der Waals surface area contributed by atoms with E-state index in [1.165, 1.54) is 0 Å². The van der Waals surface area contributed by atoms with Crippen LogP contribution in [0, 0.1) is 10.1 Å². The Balaban J connectivity index is 1.98. The van der Waals surface area contributed by atoms with Gasteiger partial charge in [-0.15, -0.1) is 0 Å². The zero-order valence-electron chi connectivity index (χ0n) is 12.5. The average molecular weight is 407 g/mol. The van der Waals surface area contributed by atoms with Crippen molar-refractivity contribution in [2.24, 2.45) is 5.10 Å². The summed E-state index contributed by atoms with van der Waals surface area (Å²) in [6.45, 7) is 0. The highest BCUT2D eigenvalue weighted by Gasteiger charge is 2.13. The van der Waals surface area contributed by atoms with Gasteiger partial charge in [0.1, 0.15) is 5.75 Å². The van der Waals surface area contributed by atoms with Crippen molar-refractivity contribution < 1.29 is 19.6 Å². The van der Waals surface area contributed by atoms with E-state index in [2.05, 4.69) is 26.3 Å². The summed E-state index contributed by atoms with van der Waals surface area (Å²) in [5.74, 6) is -2.24. The van der Waals surface area contributed by atoms with Gasteiger partial charge in [-0.2, -0.15) is 5.10 Å². The smallest absolute Gasteiger partial charge is 0.329 e. The molecule has 10 heteroatoms. The molecule has 3 N–H and O–H groups in total. The summed E-state index contributed by atoms with van der Waals surface area (Å²) in [6.07, 6.45) is 0.993. The van der Waals surface area contributed by atoms with Crippen molar-refractivity contribution in [3.63, 3.8) is 0 Å².